The number of esters is 1. The molecule has 0 spiro atoms. The minimum Gasteiger partial charge on any atom is -0.461 e. The summed E-state index contributed by atoms with van der Waals surface area (Å²) in [5.74, 6) is 0.886. The van der Waals surface area contributed by atoms with Gasteiger partial charge in [-0.05, 0) is 48.4 Å². The van der Waals surface area contributed by atoms with Gasteiger partial charge in [-0.1, -0.05) is 44.3 Å². The van der Waals surface area contributed by atoms with Gasteiger partial charge < -0.3 is 4.74 Å². The van der Waals surface area contributed by atoms with Crippen molar-refractivity contribution in [1.82, 2.24) is 9.36 Å². The molecular weight excluding hydrogens is 336 g/mol. The molecule has 1 aromatic heterocycles. The molecule has 0 N–H and O–H groups in total. The van der Waals surface area contributed by atoms with Gasteiger partial charge >= 0.3 is 5.97 Å². The number of hydrogen-bond donors (Lipinski definition) is 0. The number of nitrogens with zero attached hydrogens (tertiary/aromatic N) is 2. The number of rotatable bonds is 5. The van der Waals surface area contributed by atoms with Crippen LogP contribution in [0.15, 0.2) is 9.50 Å². The van der Waals surface area contributed by atoms with E-state index in [4.69, 9.17) is 4.74 Å². The van der Waals surface area contributed by atoms with E-state index in [2.05, 4.69) is 30.1 Å². The molecular formula is C15H22N2O2S3. The summed E-state index contributed by atoms with van der Waals surface area (Å²) in [6.07, 6.45) is 5.49. The van der Waals surface area contributed by atoms with Crippen molar-refractivity contribution < 1.29 is 9.53 Å². The van der Waals surface area contributed by atoms with Crippen molar-refractivity contribution in [3.63, 3.8) is 0 Å². The Morgan fingerprint density at radius 1 is 1.45 bits per heavy atom. The SMILES string of the molecule is CSc1nsc(SCC(=O)O[C@H]2C[C@H]3CC[C@@]2(C)C3(C)C)n1. The fourth-order valence-corrected chi connectivity index (χ4v) is 5.95. The Morgan fingerprint density at radius 2 is 2.23 bits per heavy atom. The van der Waals surface area contributed by atoms with Crippen molar-refractivity contribution in [3.8, 4) is 0 Å². The summed E-state index contributed by atoms with van der Waals surface area (Å²) in [5, 5.41) is 0.767. The van der Waals surface area contributed by atoms with Gasteiger partial charge in [-0.25, -0.2) is 4.98 Å². The molecule has 0 aliphatic heterocycles. The number of fused-ring (bicyclic) bond motifs is 2. The quantitative estimate of drug-likeness (QED) is 0.583. The molecule has 4 nitrogen and oxygen atoms in total. The lowest BCUT2D eigenvalue weighted by atomic mass is 9.70. The topological polar surface area (TPSA) is 52.1 Å². The highest BCUT2D eigenvalue weighted by molar-refractivity contribution is 8.01. The summed E-state index contributed by atoms with van der Waals surface area (Å²) < 4.78 is 10.9. The second-order valence-electron chi connectivity index (χ2n) is 6.92. The minimum atomic E-state index is -0.125. The van der Waals surface area contributed by atoms with Crippen LogP contribution in [0.25, 0.3) is 0 Å². The Hall–Kier alpha value is -0.270. The maximum atomic E-state index is 12.2. The van der Waals surface area contributed by atoms with Gasteiger partial charge in [-0.3, -0.25) is 4.79 Å². The first-order chi connectivity index (χ1) is 10.4. The molecule has 1 heterocycles. The van der Waals surface area contributed by atoms with Crippen molar-refractivity contribution in [3.05, 3.63) is 0 Å². The molecule has 0 radical (unpaired) electrons. The van der Waals surface area contributed by atoms with Crippen LogP contribution >= 0.6 is 35.1 Å². The highest BCUT2D eigenvalue weighted by Crippen LogP contribution is 2.66. The smallest absolute Gasteiger partial charge is 0.316 e. The Kier molecular flexibility index (Phi) is 4.51. The summed E-state index contributed by atoms with van der Waals surface area (Å²) in [6.45, 7) is 6.96. The van der Waals surface area contributed by atoms with Gasteiger partial charge in [0.05, 0.1) is 5.75 Å². The van der Waals surface area contributed by atoms with Crippen molar-refractivity contribution in [2.45, 2.75) is 55.6 Å². The highest BCUT2D eigenvalue weighted by atomic mass is 32.2. The summed E-state index contributed by atoms with van der Waals surface area (Å²) in [7, 11) is 0. The average molecular weight is 359 g/mol. The van der Waals surface area contributed by atoms with Crippen molar-refractivity contribution in [2.24, 2.45) is 16.7 Å². The number of thioether (sulfide) groups is 2. The zero-order valence-corrected chi connectivity index (χ0v) is 15.9. The number of carbonyl (C=O) groups is 1. The molecule has 0 amide bonds. The molecule has 7 heteroatoms. The van der Waals surface area contributed by atoms with Crippen LogP contribution in [0, 0.1) is 16.7 Å². The largest absolute Gasteiger partial charge is 0.461 e. The molecule has 0 unspecified atom stereocenters. The molecule has 3 rings (SSSR count). The van der Waals surface area contributed by atoms with Crippen molar-refractivity contribution >= 4 is 41.0 Å². The lowest BCUT2D eigenvalue weighted by Gasteiger charge is -2.38. The Morgan fingerprint density at radius 3 is 2.77 bits per heavy atom. The van der Waals surface area contributed by atoms with Gasteiger partial charge in [0.1, 0.15) is 6.10 Å². The third-order valence-corrected chi connectivity index (χ3v) is 8.34. The zero-order valence-electron chi connectivity index (χ0n) is 13.4. The van der Waals surface area contributed by atoms with Crippen LogP contribution < -0.4 is 0 Å². The second kappa shape index (κ2) is 5.98. The third-order valence-electron chi connectivity index (χ3n) is 5.87. The number of aromatic nitrogens is 2. The molecule has 0 saturated heterocycles. The first kappa shape index (κ1) is 16.6. The summed E-state index contributed by atoms with van der Waals surface area (Å²) >= 11 is 4.28. The molecule has 2 aliphatic carbocycles. The van der Waals surface area contributed by atoms with Crippen LogP contribution in [0.5, 0.6) is 0 Å². The van der Waals surface area contributed by atoms with Gasteiger partial charge in [0.15, 0.2) is 4.34 Å². The molecule has 22 heavy (non-hydrogen) atoms. The third kappa shape index (κ3) is 2.69. The van der Waals surface area contributed by atoms with E-state index in [1.807, 2.05) is 6.26 Å². The molecule has 122 valence electrons. The maximum Gasteiger partial charge on any atom is 0.316 e. The van der Waals surface area contributed by atoms with Crippen LogP contribution in [0.4, 0.5) is 0 Å². The van der Waals surface area contributed by atoms with Gasteiger partial charge in [0.25, 0.3) is 0 Å². The van der Waals surface area contributed by atoms with Crippen LogP contribution in [0.1, 0.15) is 40.0 Å². The average Bonchev–Trinajstić information content (AvgIpc) is 3.07. The fourth-order valence-electron chi connectivity index (χ4n) is 3.96. The Balaban J connectivity index is 1.55. The van der Waals surface area contributed by atoms with E-state index >= 15 is 0 Å². The lowest BCUT2D eigenvalue weighted by molar-refractivity contribution is -0.153. The van der Waals surface area contributed by atoms with Crippen LogP contribution in [-0.4, -0.2) is 33.4 Å². The fraction of sp³-hybridized carbons (Fsp3) is 0.800. The van der Waals surface area contributed by atoms with E-state index in [1.54, 1.807) is 0 Å². The molecule has 2 fully saturated rings. The molecule has 0 aromatic carbocycles. The first-order valence-corrected chi connectivity index (χ1v) is 10.5. The molecule has 2 saturated carbocycles. The second-order valence-corrected chi connectivity index (χ2v) is 9.67. The minimum absolute atomic E-state index is 0.0746. The van der Waals surface area contributed by atoms with Crippen LogP contribution in [0.3, 0.4) is 0 Å². The summed E-state index contributed by atoms with van der Waals surface area (Å²) in [5.41, 5.74) is 0.407. The standard InChI is InChI=1S/C15H22N2O2S3/c1-14(2)9-5-6-15(14,3)10(7-9)19-11(18)8-21-13-16-12(20-4)17-22-13/h9-10H,5-8H2,1-4H3/t9-,10+,15-/m1/s1. The summed E-state index contributed by atoms with van der Waals surface area (Å²) in [6, 6.07) is 0. The molecule has 3 atom stereocenters. The summed E-state index contributed by atoms with van der Waals surface area (Å²) in [4.78, 5) is 16.5. The molecule has 2 bridgehead atoms. The first-order valence-electron chi connectivity index (χ1n) is 7.57. The maximum absolute atomic E-state index is 12.2. The van der Waals surface area contributed by atoms with E-state index in [-0.39, 0.29) is 22.9 Å². The van der Waals surface area contributed by atoms with Gasteiger partial charge in [0.2, 0.25) is 5.16 Å². The van der Waals surface area contributed by atoms with E-state index in [0.717, 1.165) is 15.9 Å². The normalized spacial score (nSPS) is 32.4. The Bertz CT molecular complexity index is 575. The predicted octanol–water partition coefficient (Wildman–Crippen LogP) is 4.11. The van der Waals surface area contributed by atoms with E-state index in [0.29, 0.717) is 11.7 Å². The van der Waals surface area contributed by atoms with E-state index < -0.39 is 0 Å². The Labute approximate surface area is 144 Å². The van der Waals surface area contributed by atoms with E-state index in [1.165, 1.54) is 47.9 Å². The van der Waals surface area contributed by atoms with Crippen LogP contribution in [-0.2, 0) is 9.53 Å². The van der Waals surface area contributed by atoms with Gasteiger partial charge in [0, 0.05) is 5.41 Å². The number of ether oxygens (including phenoxy) is 1. The monoisotopic (exact) mass is 358 g/mol. The van der Waals surface area contributed by atoms with Crippen molar-refractivity contribution in [1.29, 1.82) is 0 Å². The molecule has 2 aliphatic rings. The zero-order chi connectivity index (χ0) is 16.0. The van der Waals surface area contributed by atoms with Gasteiger partial charge in [-0.2, -0.15) is 4.37 Å². The predicted molar refractivity (Wildman–Crippen MR) is 91.5 cm³/mol. The van der Waals surface area contributed by atoms with Gasteiger partial charge in [-0.15, -0.1) is 0 Å². The number of hydrogen-bond acceptors (Lipinski definition) is 7. The lowest BCUT2D eigenvalue weighted by Crippen LogP contribution is -2.38. The van der Waals surface area contributed by atoms with E-state index in [9.17, 15) is 4.79 Å². The molecule has 1 aromatic rings. The van der Waals surface area contributed by atoms with Crippen LogP contribution in [0.2, 0.25) is 0 Å². The highest BCUT2D eigenvalue weighted by Gasteiger charge is 2.62. The van der Waals surface area contributed by atoms with Crippen molar-refractivity contribution in [2.75, 3.05) is 12.0 Å². The number of carbonyl (C=O) groups excluding carboxylic acids is 1.